The number of hydrogen-bond acceptors (Lipinski definition) is 5. The highest BCUT2D eigenvalue weighted by atomic mass is 19.3. The number of hydrogen-bond donors (Lipinski definition) is 1. The van der Waals surface area contributed by atoms with Gasteiger partial charge in [0.25, 0.3) is 0 Å². The lowest BCUT2D eigenvalue weighted by Crippen LogP contribution is -2.14. The van der Waals surface area contributed by atoms with Crippen molar-refractivity contribution in [1.29, 1.82) is 0 Å². The van der Waals surface area contributed by atoms with Crippen molar-refractivity contribution >= 4 is 17.8 Å². The number of anilines is 1. The maximum absolute atomic E-state index is 12.5. The molecule has 0 saturated heterocycles. The monoisotopic (exact) mass is 429 g/mol. The Balaban J connectivity index is 1.73. The lowest BCUT2D eigenvalue weighted by Gasteiger charge is -2.14. The third-order valence-electron chi connectivity index (χ3n) is 4.32. The topological polar surface area (TPSA) is 74.6 Å². The standard InChI is InChI=1S/C22H21F2N3O4/c1-29-18-9-5-7-16(21(18)30-2)14-27-19(12-13-25-27)26-20(28)11-10-15-6-3-4-8-17(15)31-22(23)24/h3-13,22H,14H2,1-2H3,(H,26,28)/b11-10+. The first-order valence-corrected chi connectivity index (χ1v) is 9.26. The van der Waals surface area contributed by atoms with Crippen LogP contribution in [0.4, 0.5) is 14.6 Å². The Kier molecular flexibility index (Phi) is 7.21. The van der Waals surface area contributed by atoms with Crippen LogP contribution in [0.15, 0.2) is 60.8 Å². The molecular formula is C22H21F2N3O4. The number of ether oxygens (including phenoxy) is 3. The molecule has 1 heterocycles. The van der Waals surface area contributed by atoms with Crippen LogP contribution in [0.1, 0.15) is 11.1 Å². The highest BCUT2D eigenvalue weighted by Crippen LogP contribution is 2.31. The molecule has 0 unspecified atom stereocenters. The molecule has 0 bridgehead atoms. The van der Waals surface area contributed by atoms with Gasteiger partial charge in [-0.25, -0.2) is 4.68 Å². The van der Waals surface area contributed by atoms with Crippen molar-refractivity contribution in [1.82, 2.24) is 9.78 Å². The van der Waals surface area contributed by atoms with E-state index in [1.807, 2.05) is 12.1 Å². The van der Waals surface area contributed by atoms with Gasteiger partial charge in [-0.05, 0) is 18.2 Å². The van der Waals surface area contributed by atoms with Crippen molar-refractivity contribution in [3.05, 3.63) is 71.9 Å². The number of para-hydroxylation sites is 2. The summed E-state index contributed by atoms with van der Waals surface area (Å²) in [4.78, 5) is 12.4. The number of rotatable bonds is 9. The van der Waals surface area contributed by atoms with E-state index in [1.165, 1.54) is 18.2 Å². The smallest absolute Gasteiger partial charge is 0.387 e. The summed E-state index contributed by atoms with van der Waals surface area (Å²) in [5.41, 5.74) is 1.17. The van der Waals surface area contributed by atoms with Gasteiger partial charge in [0.2, 0.25) is 5.91 Å². The van der Waals surface area contributed by atoms with E-state index >= 15 is 0 Å². The molecule has 0 atom stereocenters. The van der Waals surface area contributed by atoms with Gasteiger partial charge in [-0.2, -0.15) is 13.9 Å². The van der Waals surface area contributed by atoms with Gasteiger partial charge < -0.3 is 19.5 Å². The Morgan fingerprint density at radius 3 is 2.61 bits per heavy atom. The van der Waals surface area contributed by atoms with Gasteiger partial charge >= 0.3 is 6.61 Å². The average molecular weight is 429 g/mol. The number of aromatic nitrogens is 2. The van der Waals surface area contributed by atoms with Crippen LogP contribution >= 0.6 is 0 Å². The summed E-state index contributed by atoms with van der Waals surface area (Å²) < 4.78 is 41.8. The molecule has 9 heteroatoms. The first kappa shape index (κ1) is 21.8. The fourth-order valence-electron chi connectivity index (χ4n) is 2.96. The summed E-state index contributed by atoms with van der Waals surface area (Å²) in [5, 5.41) is 6.96. The second-order valence-electron chi connectivity index (χ2n) is 6.27. The Hall–Kier alpha value is -3.88. The Labute approximate surface area is 177 Å². The van der Waals surface area contributed by atoms with E-state index in [2.05, 4.69) is 15.2 Å². The van der Waals surface area contributed by atoms with Gasteiger partial charge in [-0.1, -0.05) is 30.3 Å². The molecule has 3 rings (SSSR count). The summed E-state index contributed by atoms with van der Waals surface area (Å²) in [6.07, 6.45) is 4.19. The van der Waals surface area contributed by atoms with Crippen molar-refractivity contribution in [3.8, 4) is 17.2 Å². The first-order chi connectivity index (χ1) is 15.0. The van der Waals surface area contributed by atoms with Crippen LogP contribution in [0, 0.1) is 0 Å². The molecule has 0 aliphatic rings. The molecule has 2 aromatic carbocycles. The number of amides is 1. The number of nitrogens with one attached hydrogen (secondary N) is 1. The zero-order valence-corrected chi connectivity index (χ0v) is 16.9. The normalized spacial score (nSPS) is 11.0. The van der Waals surface area contributed by atoms with Crippen LogP contribution in [-0.2, 0) is 11.3 Å². The number of carbonyl (C=O) groups is 1. The van der Waals surface area contributed by atoms with E-state index < -0.39 is 12.5 Å². The maximum Gasteiger partial charge on any atom is 0.387 e. The second-order valence-corrected chi connectivity index (χ2v) is 6.27. The van der Waals surface area contributed by atoms with Crippen molar-refractivity contribution < 1.29 is 27.8 Å². The zero-order valence-electron chi connectivity index (χ0n) is 16.9. The van der Waals surface area contributed by atoms with Gasteiger partial charge in [0.15, 0.2) is 11.5 Å². The minimum atomic E-state index is -2.95. The molecule has 162 valence electrons. The largest absolute Gasteiger partial charge is 0.493 e. The molecule has 0 radical (unpaired) electrons. The minimum absolute atomic E-state index is 0.0169. The van der Waals surface area contributed by atoms with Crippen LogP contribution in [0.2, 0.25) is 0 Å². The summed E-state index contributed by atoms with van der Waals surface area (Å²) in [5.74, 6) is 1.15. The first-order valence-electron chi connectivity index (χ1n) is 9.26. The summed E-state index contributed by atoms with van der Waals surface area (Å²) in [6.45, 7) is -2.62. The number of nitrogens with zero attached hydrogens (tertiary/aromatic N) is 2. The number of benzene rings is 2. The molecule has 0 spiro atoms. The van der Waals surface area contributed by atoms with E-state index in [-0.39, 0.29) is 5.75 Å². The predicted octanol–water partition coefficient (Wildman–Crippen LogP) is 4.20. The number of halogens is 2. The lowest BCUT2D eigenvalue weighted by atomic mass is 10.2. The molecule has 1 amide bonds. The zero-order chi connectivity index (χ0) is 22.2. The average Bonchev–Trinajstić information content (AvgIpc) is 3.18. The number of alkyl halides is 2. The van der Waals surface area contributed by atoms with Crippen molar-refractivity contribution in [2.45, 2.75) is 13.2 Å². The molecule has 7 nitrogen and oxygen atoms in total. The van der Waals surface area contributed by atoms with Gasteiger partial charge in [0, 0.05) is 23.3 Å². The second kappa shape index (κ2) is 10.2. The number of carbonyl (C=O) groups excluding carboxylic acids is 1. The summed E-state index contributed by atoms with van der Waals surface area (Å²) in [7, 11) is 3.10. The Morgan fingerprint density at radius 2 is 1.87 bits per heavy atom. The van der Waals surface area contributed by atoms with E-state index in [0.29, 0.717) is 29.4 Å². The van der Waals surface area contributed by atoms with Crippen molar-refractivity contribution in [2.24, 2.45) is 0 Å². The van der Waals surface area contributed by atoms with Gasteiger partial charge in [0.05, 0.1) is 27.0 Å². The number of methoxy groups -OCH3 is 2. The van der Waals surface area contributed by atoms with E-state index in [0.717, 1.165) is 5.56 Å². The quantitative estimate of drug-likeness (QED) is 0.516. The molecule has 0 fully saturated rings. The molecular weight excluding hydrogens is 408 g/mol. The third-order valence-corrected chi connectivity index (χ3v) is 4.32. The predicted molar refractivity (Wildman–Crippen MR) is 112 cm³/mol. The highest BCUT2D eigenvalue weighted by molar-refractivity contribution is 6.01. The highest BCUT2D eigenvalue weighted by Gasteiger charge is 2.13. The van der Waals surface area contributed by atoms with Gasteiger partial charge in [-0.15, -0.1) is 0 Å². The SMILES string of the molecule is COc1cccc(Cn2nccc2NC(=O)/C=C/c2ccccc2OC(F)F)c1OC. The summed E-state index contributed by atoms with van der Waals surface area (Å²) >= 11 is 0. The Bertz CT molecular complexity index is 1070. The minimum Gasteiger partial charge on any atom is -0.493 e. The molecule has 0 aliphatic carbocycles. The fourth-order valence-corrected chi connectivity index (χ4v) is 2.96. The van der Waals surface area contributed by atoms with Crippen LogP contribution in [-0.4, -0.2) is 36.5 Å². The lowest BCUT2D eigenvalue weighted by molar-refractivity contribution is -0.111. The summed E-state index contributed by atoms with van der Waals surface area (Å²) in [6, 6.07) is 13.3. The molecule has 3 aromatic rings. The van der Waals surface area contributed by atoms with Crippen LogP contribution in [0.25, 0.3) is 6.08 Å². The molecule has 0 saturated carbocycles. The molecule has 31 heavy (non-hydrogen) atoms. The van der Waals surface area contributed by atoms with Crippen molar-refractivity contribution in [2.75, 3.05) is 19.5 Å². The van der Waals surface area contributed by atoms with Crippen LogP contribution in [0.3, 0.4) is 0 Å². The molecule has 1 N–H and O–H groups in total. The third kappa shape index (κ3) is 5.59. The van der Waals surface area contributed by atoms with Crippen LogP contribution in [0.5, 0.6) is 17.2 Å². The van der Waals surface area contributed by atoms with Crippen molar-refractivity contribution in [3.63, 3.8) is 0 Å². The van der Waals surface area contributed by atoms with Gasteiger partial charge in [-0.3, -0.25) is 4.79 Å². The maximum atomic E-state index is 12.5. The van der Waals surface area contributed by atoms with Crippen LogP contribution < -0.4 is 19.5 Å². The van der Waals surface area contributed by atoms with E-state index in [1.54, 1.807) is 55.4 Å². The van der Waals surface area contributed by atoms with E-state index in [9.17, 15) is 13.6 Å². The molecule has 0 aliphatic heterocycles. The fraction of sp³-hybridized carbons (Fsp3) is 0.182. The van der Waals surface area contributed by atoms with Gasteiger partial charge in [0.1, 0.15) is 11.6 Å². The van der Waals surface area contributed by atoms with E-state index in [4.69, 9.17) is 9.47 Å². The Morgan fingerprint density at radius 1 is 1.10 bits per heavy atom. The molecule has 1 aromatic heterocycles.